The molecule has 1 unspecified atom stereocenters. The fourth-order valence-corrected chi connectivity index (χ4v) is 3.05. The first kappa shape index (κ1) is 11.5. The van der Waals surface area contributed by atoms with E-state index in [-0.39, 0.29) is 16.8 Å². The molecule has 1 aromatic rings. The van der Waals surface area contributed by atoms with Crippen LogP contribution in [0.3, 0.4) is 0 Å². The zero-order valence-corrected chi connectivity index (χ0v) is 9.70. The van der Waals surface area contributed by atoms with Crippen molar-refractivity contribution in [3.63, 3.8) is 0 Å². The van der Waals surface area contributed by atoms with Crippen molar-refractivity contribution in [3.8, 4) is 0 Å². The van der Waals surface area contributed by atoms with Crippen molar-refractivity contribution in [1.82, 2.24) is 0 Å². The molecule has 1 saturated heterocycles. The minimum Gasteiger partial charge on any atom is -0.461 e. The lowest BCUT2D eigenvalue weighted by Gasteiger charge is -2.20. The van der Waals surface area contributed by atoms with Crippen LogP contribution < -0.4 is 0 Å². The van der Waals surface area contributed by atoms with Crippen LogP contribution in [0.25, 0.3) is 0 Å². The van der Waals surface area contributed by atoms with E-state index < -0.39 is 10.8 Å². The molecule has 2 heterocycles. The van der Waals surface area contributed by atoms with Crippen LogP contribution in [0, 0.1) is 0 Å². The van der Waals surface area contributed by atoms with E-state index in [4.69, 9.17) is 9.15 Å². The van der Waals surface area contributed by atoms with Gasteiger partial charge in [0.25, 0.3) is 0 Å². The fraction of sp³-hybridized carbons (Fsp3) is 0.545. The molecule has 0 N–H and O–H groups in total. The second kappa shape index (κ2) is 5.41. The molecule has 0 aromatic carbocycles. The number of hydrogen-bond acceptors (Lipinski definition) is 4. The van der Waals surface area contributed by atoms with Crippen molar-refractivity contribution in [2.75, 3.05) is 19.0 Å². The lowest BCUT2D eigenvalue weighted by Crippen LogP contribution is -2.28. The van der Waals surface area contributed by atoms with Gasteiger partial charge in [-0.25, -0.2) is 0 Å². The Bertz CT molecular complexity index is 365. The van der Waals surface area contributed by atoms with Crippen molar-refractivity contribution in [2.24, 2.45) is 0 Å². The second-order valence-corrected chi connectivity index (χ2v) is 5.45. The van der Waals surface area contributed by atoms with E-state index >= 15 is 0 Å². The van der Waals surface area contributed by atoms with Gasteiger partial charge in [-0.1, -0.05) is 0 Å². The van der Waals surface area contributed by atoms with Gasteiger partial charge < -0.3 is 9.15 Å². The third-order valence-electron chi connectivity index (χ3n) is 2.61. The summed E-state index contributed by atoms with van der Waals surface area (Å²) in [6, 6.07) is 3.26. The van der Waals surface area contributed by atoms with Crippen LogP contribution in [0.15, 0.2) is 22.8 Å². The first-order valence-electron chi connectivity index (χ1n) is 5.29. The number of hydrogen-bond donors (Lipinski definition) is 0. The van der Waals surface area contributed by atoms with E-state index in [1.54, 1.807) is 12.1 Å². The predicted molar refractivity (Wildman–Crippen MR) is 59.9 cm³/mol. The maximum absolute atomic E-state index is 11.9. The Labute approximate surface area is 96.4 Å². The molecule has 16 heavy (non-hydrogen) atoms. The third kappa shape index (κ3) is 2.80. The van der Waals surface area contributed by atoms with Crippen LogP contribution in [-0.4, -0.2) is 34.2 Å². The van der Waals surface area contributed by atoms with Crippen LogP contribution in [0.1, 0.15) is 23.4 Å². The van der Waals surface area contributed by atoms with E-state index in [2.05, 4.69) is 0 Å². The summed E-state index contributed by atoms with van der Waals surface area (Å²) in [6.07, 6.45) is 3.00. The minimum absolute atomic E-state index is 0.0537. The van der Waals surface area contributed by atoms with E-state index in [0.29, 0.717) is 19.0 Å². The lowest BCUT2D eigenvalue weighted by atomic mass is 10.2. The zero-order chi connectivity index (χ0) is 11.4. The smallest absolute Gasteiger partial charge is 0.210 e. The monoisotopic (exact) mass is 242 g/mol. The van der Waals surface area contributed by atoms with Gasteiger partial charge >= 0.3 is 0 Å². The highest BCUT2D eigenvalue weighted by atomic mass is 32.2. The molecule has 1 atom stereocenters. The SMILES string of the molecule is O=C(CS(=O)C1CCOCC1)c1ccco1. The molecule has 1 aliphatic heterocycles. The van der Waals surface area contributed by atoms with Gasteiger partial charge in [0.15, 0.2) is 5.76 Å². The molecule has 1 aromatic heterocycles. The summed E-state index contributed by atoms with van der Waals surface area (Å²) in [5.74, 6) is 0.160. The Balaban J connectivity index is 1.89. The zero-order valence-electron chi connectivity index (χ0n) is 8.89. The van der Waals surface area contributed by atoms with Crippen LogP contribution >= 0.6 is 0 Å². The van der Waals surface area contributed by atoms with Crippen molar-refractivity contribution in [3.05, 3.63) is 24.2 Å². The molecule has 0 amide bonds. The van der Waals surface area contributed by atoms with Crippen LogP contribution in [-0.2, 0) is 15.5 Å². The first-order chi connectivity index (χ1) is 7.77. The molecule has 4 nitrogen and oxygen atoms in total. The summed E-state index contributed by atoms with van der Waals surface area (Å²) in [4.78, 5) is 11.6. The summed E-state index contributed by atoms with van der Waals surface area (Å²) in [7, 11) is -1.11. The van der Waals surface area contributed by atoms with E-state index in [1.165, 1.54) is 6.26 Å². The van der Waals surface area contributed by atoms with Crippen LogP contribution in [0.4, 0.5) is 0 Å². The van der Waals surface area contributed by atoms with Crippen molar-refractivity contribution < 1.29 is 18.2 Å². The Morgan fingerprint density at radius 3 is 2.81 bits per heavy atom. The number of carbonyl (C=O) groups is 1. The average molecular weight is 242 g/mol. The molecule has 5 heteroatoms. The number of rotatable bonds is 4. The standard InChI is InChI=1S/C11H14O4S/c12-10(11-2-1-5-15-11)8-16(13)9-3-6-14-7-4-9/h1-2,5,9H,3-4,6-8H2. The van der Waals surface area contributed by atoms with Crippen LogP contribution in [0.5, 0.6) is 0 Å². The molecule has 1 fully saturated rings. The van der Waals surface area contributed by atoms with E-state index in [9.17, 15) is 9.00 Å². The maximum Gasteiger partial charge on any atom is 0.210 e. The molecule has 0 aliphatic carbocycles. The third-order valence-corrected chi connectivity index (χ3v) is 4.37. The van der Waals surface area contributed by atoms with Gasteiger partial charge in [0, 0.05) is 29.3 Å². The molecule has 88 valence electrons. The second-order valence-electron chi connectivity index (χ2n) is 3.74. The normalized spacial score (nSPS) is 19.5. The topological polar surface area (TPSA) is 56.5 Å². The van der Waals surface area contributed by atoms with Gasteiger partial charge in [-0.15, -0.1) is 0 Å². The van der Waals surface area contributed by atoms with E-state index in [1.807, 2.05) is 0 Å². The quantitative estimate of drug-likeness (QED) is 0.749. The molecule has 0 radical (unpaired) electrons. The van der Waals surface area contributed by atoms with Crippen molar-refractivity contribution in [1.29, 1.82) is 0 Å². The number of ether oxygens (including phenoxy) is 1. The predicted octanol–water partition coefficient (Wildman–Crippen LogP) is 1.39. The molecule has 2 rings (SSSR count). The number of ketones is 1. The Morgan fingerprint density at radius 2 is 2.19 bits per heavy atom. The van der Waals surface area contributed by atoms with Gasteiger partial charge in [0.2, 0.25) is 5.78 Å². The number of furan rings is 1. The number of carbonyl (C=O) groups excluding carboxylic acids is 1. The highest BCUT2D eigenvalue weighted by molar-refractivity contribution is 7.86. The van der Waals surface area contributed by atoms with Gasteiger partial charge in [-0.05, 0) is 25.0 Å². The van der Waals surface area contributed by atoms with Gasteiger partial charge in [-0.3, -0.25) is 9.00 Å². The van der Waals surface area contributed by atoms with Crippen molar-refractivity contribution >= 4 is 16.6 Å². The number of Topliss-reactive ketones (excluding diaryl/α,β-unsaturated/α-hetero) is 1. The molecule has 0 spiro atoms. The summed E-state index contributed by atoms with van der Waals surface area (Å²) >= 11 is 0. The summed E-state index contributed by atoms with van der Waals surface area (Å²) in [5.41, 5.74) is 0. The highest BCUT2D eigenvalue weighted by Crippen LogP contribution is 2.14. The average Bonchev–Trinajstić information content (AvgIpc) is 2.83. The maximum atomic E-state index is 11.9. The Morgan fingerprint density at radius 1 is 1.44 bits per heavy atom. The Hall–Kier alpha value is -0.940. The largest absolute Gasteiger partial charge is 0.461 e. The van der Waals surface area contributed by atoms with E-state index in [0.717, 1.165) is 12.8 Å². The highest BCUT2D eigenvalue weighted by Gasteiger charge is 2.23. The summed E-state index contributed by atoms with van der Waals surface area (Å²) in [6.45, 7) is 1.29. The molecule has 1 aliphatic rings. The Kier molecular flexibility index (Phi) is 3.90. The molecule has 0 saturated carbocycles. The lowest BCUT2D eigenvalue weighted by molar-refractivity contribution is 0.0970. The molecular formula is C11H14O4S. The van der Waals surface area contributed by atoms with Gasteiger partial charge in [-0.2, -0.15) is 0 Å². The minimum atomic E-state index is -1.11. The fourth-order valence-electron chi connectivity index (χ4n) is 1.69. The first-order valence-corrected chi connectivity index (χ1v) is 6.67. The van der Waals surface area contributed by atoms with Crippen molar-refractivity contribution in [2.45, 2.75) is 18.1 Å². The molecule has 0 bridgehead atoms. The van der Waals surface area contributed by atoms with Gasteiger partial charge in [0.05, 0.1) is 12.0 Å². The molecular weight excluding hydrogens is 228 g/mol. The van der Waals surface area contributed by atoms with Crippen LogP contribution in [0.2, 0.25) is 0 Å². The summed E-state index contributed by atoms with van der Waals surface area (Å²) in [5, 5.41) is 0.0904. The van der Waals surface area contributed by atoms with Gasteiger partial charge in [0.1, 0.15) is 0 Å². The summed E-state index contributed by atoms with van der Waals surface area (Å²) < 4.78 is 22.1.